The number of hydrogen-bond acceptors (Lipinski definition) is 3. The van der Waals surface area contributed by atoms with E-state index in [9.17, 15) is 0 Å². The first kappa shape index (κ1) is 13.5. The van der Waals surface area contributed by atoms with E-state index in [-0.39, 0.29) is 6.04 Å². The molecule has 4 heteroatoms. The van der Waals surface area contributed by atoms with Crippen LogP contribution in [-0.2, 0) is 0 Å². The summed E-state index contributed by atoms with van der Waals surface area (Å²) in [7, 11) is 0. The molecule has 0 saturated heterocycles. The molecule has 2 atom stereocenters. The van der Waals surface area contributed by atoms with Gasteiger partial charge in [0.1, 0.15) is 0 Å². The van der Waals surface area contributed by atoms with E-state index in [1.807, 2.05) is 11.3 Å². The van der Waals surface area contributed by atoms with Crippen LogP contribution in [0, 0.1) is 0 Å². The summed E-state index contributed by atoms with van der Waals surface area (Å²) in [4.78, 5) is 3.99. The van der Waals surface area contributed by atoms with Crippen molar-refractivity contribution in [2.24, 2.45) is 5.73 Å². The number of likely N-dealkylation sites (N-methyl/N-ethyl adjacent to an activating group) is 1. The van der Waals surface area contributed by atoms with Crippen LogP contribution in [0.5, 0.6) is 0 Å². The monoisotopic (exact) mass is 316 g/mol. The summed E-state index contributed by atoms with van der Waals surface area (Å²) in [5, 5.41) is 0. The van der Waals surface area contributed by atoms with Crippen molar-refractivity contribution in [3.05, 3.63) is 20.8 Å². The summed E-state index contributed by atoms with van der Waals surface area (Å²) in [5.74, 6) is 0. The molecular weight excluding hydrogens is 296 g/mol. The van der Waals surface area contributed by atoms with Crippen molar-refractivity contribution in [1.29, 1.82) is 0 Å². The third-order valence-corrected chi connectivity index (χ3v) is 5.20. The van der Waals surface area contributed by atoms with Gasteiger partial charge in [-0.15, -0.1) is 11.3 Å². The van der Waals surface area contributed by atoms with Crippen LogP contribution in [-0.4, -0.2) is 23.5 Å². The molecule has 0 aliphatic heterocycles. The van der Waals surface area contributed by atoms with Gasteiger partial charge in [0.25, 0.3) is 0 Å². The summed E-state index contributed by atoms with van der Waals surface area (Å²) in [6.07, 6.45) is 3.71. The van der Waals surface area contributed by atoms with E-state index in [0.717, 1.165) is 19.0 Å². The molecule has 2 unspecified atom stereocenters. The molecule has 17 heavy (non-hydrogen) atoms. The third-order valence-electron chi connectivity index (χ3n) is 3.50. The zero-order valence-corrected chi connectivity index (χ0v) is 12.9. The van der Waals surface area contributed by atoms with Crippen LogP contribution in [0.15, 0.2) is 15.9 Å². The average Bonchev–Trinajstić information content (AvgIpc) is 3.08. The molecule has 0 radical (unpaired) electrons. The summed E-state index contributed by atoms with van der Waals surface area (Å²) in [6, 6.07) is 5.76. The fourth-order valence-electron chi connectivity index (χ4n) is 2.42. The SMILES string of the molecule is CCC(N)C(c1ccc(Br)s1)N(CC)C1CC1. The van der Waals surface area contributed by atoms with Gasteiger partial charge >= 0.3 is 0 Å². The first-order valence-corrected chi connectivity index (χ1v) is 8.04. The minimum atomic E-state index is 0.237. The normalized spacial score (nSPS) is 19.6. The standard InChI is InChI=1S/C13H21BrN2S/c1-3-10(15)13(11-7-8-12(14)17-11)16(4-2)9-5-6-9/h7-10,13H,3-6,15H2,1-2H3. The molecule has 1 heterocycles. The van der Waals surface area contributed by atoms with Gasteiger partial charge in [0.2, 0.25) is 0 Å². The van der Waals surface area contributed by atoms with E-state index in [1.54, 1.807) is 0 Å². The van der Waals surface area contributed by atoms with Crippen LogP contribution in [0.25, 0.3) is 0 Å². The van der Waals surface area contributed by atoms with Gasteiger partial charge in [-0.2, -0.15) is 0 Å². The Morgan fingerprint density at radius 3 is 2.59 bits per heavy atom. The van der Waals surface area contributed by atoms with Crippen molar-refractivity contribution in [2.75, 3.05) is 6.54 Å². The Bertz CT molecular complexity index is 362. The fraction of sp³-hybridized carbons (Fsp3) is 0.692. The van der Waals surface area contributed by atoms with Gasteiger partial charge in [0.05, 0.1) is 9.83 Å². The first-order chi connectivity index (χ1) is 8.17. The molecule has 1 aromatic heterocycles. The molecule has 2 rings (SSSR count). The Kier molecular flexibility index (Phi) is 4.64. The highest BCUT2D eigenvalue weighted by atomic mass is 79.9. The number of nitrogens with zero attached hydrogens (tertiary/aromatic N) is 1. The summed E-state index contributed by atoms with van der Waals surface area (Å²) < 4.78 is 1.20. The van der Waals surface area contributed by atoms with Crippen molar-refractivity contribution in [2.45, 2.75) is 51.2 Å². The van der Waals surface area contributed by atoms with Crippen molar-refractivity contribution in [3.63, 3.8) is 0 Å². The lowest BCUT2D eigenvalue weighted by atomic mass is 10.0. The predicted molar refractivity (Wildman–Crippen MR) is 78.4 cm³/mol. The van der Waals surface area contributed by atoms with Crippen LogP contribution < -0.4 is 5.73 Å². The molecule has 0 spiro atoms. The molecule has 0 aromatic carbocycles. The molecule has 96 valence electrons. The molecule has 2 N–H and O–H groups in total. The Labute approximate surface area is 116 Å². The van der Waals surface area contributed by atoms with E-state index >= 15 is 0 Å². The third kappa shape index (κ3) is 3.11. The number of hydrogen-bond donors (Lipinski definition) is 1. The average molecular weight is 317 g/mol. The molecule has 1 aliphatic rings. The molecule has 0 amide bonds. The Morgan fingerprint density at radius 2 is 2.18 bits per heavy atom. The summed E-state index contributed by atoms with van der Waals surface area (Å²) in [5.41, 5.74) is 6.35. The highest BCUT2D eigenvalue weighted by Gasteiger charge is 2.36. The van der Waals surface area contributed by atoms with Crippen molar-refractivity contribution in [3.8, 4) is 0 Å². The van der Waals surface area contributed by atoms with Gasteiger partial charge < -0.3 is 5.73 Å². The highest BCUT2D eigenvalue weighted by molar-refractivity contribution is 9.11. The summed E-state index contributed by atoms with van der Waals surface area (Å²) >= 11 is 5.38. The minimum Gasteiger partial charge on any atom is -0.326 e. The van der Waals surface area contributed by atoms with Gasteiger partial charge in [-0.05, 0) is 53.9 Å². The number of rotatable bonds is 6. The Morgan fingerprint density at radius 1 is 1.47 bits per heavy atom. The molecule has 1 saturated carbocycles. The second-order valence-electron chi connectivity index (χ2n) is 4.72. The number of halogens is 1. The van der Waals surface area contributed by atoms with E-state index in [4.69, 9.17) is 5.73 Å². The highest BCUT2D eigenvalue weighted by Crippen LogP contribution is 2.39. The second-order valence-corrected chi connectivity index (χ2v) is 7.22. The molecule has 1 aromatic rings. The van der Waals surface area contributed by atoms with Crippen LogP contribution in [0.3, 0.4) is 0 Å². The van der Waals surface area contributed by atoms with Crippen LogP contribution in [0.1, 0.15) is 44.0 Å². The lowest BCUT2D eigenvalue weighted by Crippen LogP contribution is -2.41. The predicted octanol–water partition coefficient (Wildman–Crippen LogP) is 3.77. The van der Waals surface area contributed by atoms with E-state index in [2.05, 4.69) is 46.8 Å². The smallest absolute Gasteiger partial charge is 0.0702 e. The maximum atomic E-state index is 6.35. The molecular formula is C13H21BrN2S. The van der Waals surface area contributed by atoms with Gasteiger partial charge in [-0.1, -0.05) is 13.8 Å². The van der Waals surface area contributed by atoms with E-state index in [1.165, 1.54) is 21.5 Å². The van der Waals surface area contributed by atoms with Crippen molar-refractivity contribution in [1.82, 2.24) is 4.90 Å². The Balaban J connectivity index is 2.23. The molecule has 1 aliphatic carbocycles. The van der Waals surface area contributed by atoms with Gasteiger partial charge in [-0.25, -0.2) is 0 Å². The first-order valence-electron chi connectivity index (χ1n) is 6.43. The maximum Gasteiger partial charge on any atom is 0.0702 e. The van der Waals surface area contributed by atoms with Crippen molar-refractivity contribution >= 4 is 27.3 Å². The Hall–Kier alpha value is 0.1000. The van der Waals surface area contributed by atoms with E-state index in [0.29, 0.717) is 6.04 Å². The van der Waals surface area contributed by atoms with E-state index < -0.39 is 0 Å². The van der Waals surface area contributed by atoms with Gasteiger partial charge in [0, 0.05) is 17.0 Å². The zero-order chi connectivity index (χ0) is 12.4. The van der Waals surface area contributed by atoms with Crippen LogP contribution >= 0.6 is 27.3 Å². The number of nitrogens with two attached hydrogens (primary N) is 1. The van der Waals surface area contributed by atoms with Gasteiger partial charge in [0.15, 0.2) is 0 Å². The largest absolute Gasteiger partial charge is 0.326 e. The van der Waals surface area contributed by atoms with Crippen LogP contribution in [0.2, 0.25) is 0 Å². The quantitative estimate of drug-likeness (QED) is 0.865. The van der Waals surface area contributed by atoms with Crippen molar-refractivity contribution < 1.29 is 0 Å². The topological polar surface area (TPSA) is 29.3 Å². The molecule has 1 fully saturated rings. The lowest BCUT2D eigenvalue weighted by Gasteiger charge is -2.34. The molecule has 2 nitrogen and oxygen atoms in total. The minimum absolute atomic E-state index is 0.237. The summed E-state index contributed by atoms with van der Waals surface area (Å²) in [6.45, 7) is 5.52. The number of thiophene rings is 1. The van der Waals surface area contributed by atoms with Crippen LogP contribution in [0.4, 0.5) is 0 Å². The maximum absolute atomic E-state index is 6.35. The fourth-order valence-corrected chi connectivity index (χ4v) is 4.04. The zero-order valence-electron chi connectivity index (χ0n) is 10.5. The molecule has 0 bridgehead atoms. The lowest BCUT2D eigenvalue weighted by molar-refractivity contribution is 0.171. The van der Waals surface area contributed by atoms with Gasteiger partial charge in [-0.3, -0.25) is 4.90 Å². The second kappa shape index (κ2) is 5.83.